The Kier molecular flexibility index (Phi) is 2.05. The van der Waals surface area contributed by atoms with Crippen molar-refractivity contribution in [2.75, 3.05) is 11.9 Å². The van der Waals surface area contributed by atoms with Crippen molar-refractivity contribution in [1.82, 2.24) is 0 Å². The van der Waals surface area contributed by atoms with Crippen molar-refractivity contribution in [3.63, 3.8) is 0 Å². The first-order chi connectivity index (χ1) is 7.35. The lowest BCUT2D eigenvalue weighted by Gasteiger charge is -2.22. The lowest BCUT2D eigenvalue weighted by Crippen LogP contribution is -2.21. The fourth-order valence-corrected chi connectivity index (χ4v) is 2.16. The van der Waals surface area contributed by atoms with Gasteiger partial charge in [-0.25, -0.2) is 0 Å². The summed E-state index contributed by atoms with van der Waals surface area (Å²) in [4.78, 5) is 12.3. The molecule has 0 saturated carbocycles. The molecule has 0 spiro atoms. The second-order valence-electron chi connectivity index (χ2n) is 4.59. The minimum absolute atomic E-state index is 0.121. The number of nitro benzene ring substituents is 1. The molecule has 84 valence electrons. The Morgan fingerprint density at radius 3 is 2.62 bits per heavy atom. The summed E-state index contributed by atoms with van der Waals surface area (Å²) < 4.78 is 0. The molecule has 4 heteroatoms. The first kappa shape index (κ1) is 10.7. The molecular formula is C12H14N2O2. The SMILES string of the molecule is C=C1N(C)c2cc([N+](=O)[O-])ccc2C1(C)C. The molecule has 0 unspecified atom stereocenters. The zero-order valence-corrected chi connectivity index (χ0v) is 9.65. The summed E-state index contributed by atoms with van der Waals surface area (Å²) >= 11 is 0. The van der Waals surface area contributed by atoms with Crippen LogP contribution in [0.15, 0.2) is 30.5 Å². The Bertz CT molecular complexity index is 492. The molecule has 0 N–H and O–H groups in total. The Hall–Kier alpha value is -1.84. The van der Waals surface area contributed by atoms with Gasteiger partial charge in [0.15, 0.2) is 0 Å². The average Bonchev–Trinajstić information content (AvgIpc) is 2.40. The Morgan fingerprint density at radius 2 is 2.06 bits per heavy atom. The highest BCUT2D eigenvalue weighted by molar-refractivity contribution is 5.71. The molecule has 0 saturated heterocycles. The molecule has 0 atom stereocenters. The van der Waals surface area contributed by atoms with E-state index in [1.807, 2.05) is 18.0 Å². The van der Waals surface area contributed by atoms with Crippen LogP contribution in [0.25, 0.3) is 0 Å². The summed E-state index contributed by atoms with van der Waals surface area (Å²) in [7, 11) is 1.89. The Balaban J connectivity index is 2.63. The van der Waals surface area contributed by atoms with Gasteiger partial charge in [0, 0.05) is 30.3 Å². The van der Waals surface area contributed by atoms with E-state index in [1.165, 1.54) is 0 Å². The van der Waals surface area contributed by atoms with Gasteiger partial charge in [0.2, 0.25) is 0 Å². The molecule has 0 aromatic heterocycles. The van der Waals surface area contributed by atoms with Crippen LogP contribution < -0.4 is 4.90 Å². The predicted molar refractivity (Wildman–Crippen MR) is 63.7 cm³/mol. The lowest BCUT2D eigenvalue weighted by atomic mass is 9.84. The molecule has 4 nitrogen and oxygen atoms in total. The van der Waals surface area contributed by atoms with E-state index in [1.54, 1.807) is 12.1 Å². The highest BCUT2D eigenvalue weighted by atomic mass is 16.6. The first-order valence-electron chi connectivity index (χ1n) is 5.07. The van der Waals surface area contributed by atoms with Crippen LogP contribution in [0.1, 0.15) is 19.4 Å². The predicted octanol–water partition coefficient (Wildman–Crippen LogP) is 2.84. The van der Waals surface area contributed by atoms with Crippen LogP contribution in [0.2, 0.25) is 0 Å². The normalized spacial score (nSPS) is 17.4. The van der Waals surface area contributed by atoms with E-state index >= 15 is 0 Å². The molecule has 1 aromatic rings. The van der Waals surface area contributed by atoms with E-state index in [4.69, 9.17) is 0 Å². The maximum Gasteiger partial charge on any atom is 0.271 e. The summed E-state index contributed by atoms with van der Waals surface area (Å²) in [6.45, 7) is 8.18. The van der Waals surface area contributed by atoms with Gasteiger partial charge in [0.25, 0.3) is 5.69 Å². The monoisotopic (exact) mass is 218 g/mol. The van der Waals surface area contributed by atoms with Gasteiger partial charge in [-0.1, -0.05) is 20.4 Å². The molecule has 16 heavy (non-hydrogen) atoms. The van der Waals surface area contributed by atoms with Crippen LogP contribution >= 0.6 is 0 Å². The van der Waals surface area contributed by atoms with E-state index in [2.05, 4.69) is 20.4 Å². The third-order valence-electron chi connectivity index (χ3n) is 3.35. The van der Waals surface area contributed by atoms with Crippen molar-refractivity contribution in [2.45, 2.75) is 19.3 Å². The van der Waals surface area contributed by atoms with Gasteiger partial charge in [-0.05, 0) is 11.6 Å². The van der Waals surface area contributed by atoms with Gasteiger partial charge in [-0.2, -0.15) is 0 Å². The number of allylic oxidation sites excluding steroid dienone is 1. The van der Waals surface area contributed by atoms with Gasteiger partial charge in [0.1, 0.15) is 0 Å². The molecule has 0 aliphatic carbocycles. The number of fused-ring (bicyclic) bond motifs is 1. The van der Waals surface area contributed by atoms with Crippen molar-refractivity contribution in [1.29, 1.82) is 0 Å². The van der Waals surface area contributed by atoms with Crippen LogP contribution in [0.3, 0.4) is 0 Å². The van der Waals surface area contributed by atoms with E-state index < -0.39 is 0 Å². The van der Waals surface area contributed by atoms with Crippen molar-refractivity contribution in [2.24, 2.45) is 0 Å². The third-order valence-corrected chi connectivity index (χ3v) is 3.35. The number of anilines is 1. The largest absolute Gasteiger partial charge is 0.347 e. The smallest absolute Gasteiger partial charge is 0.271 e. The molecule has 0 fully saturated rings. The number of nitrogens with zero attached hydrogens (tertiary/aromatic N) is 2. The maximum absolute atomic E-state index is 10.7. The second-order valence-corrected chi connectivity index (χ2v) is 4.59. The molecule has 1 aliphatic rings. The number of benzene rings is 1. The summed E-state index contributed by atoms with van der Waals surface area (Å²) in [5.41, 5.74) is 2.90. The fourth-order valence-electron chi connectivity index (χ4n) is 2.16. The van der Waals surface area contributed by atoms with Crippen LogP contribution in [-0.2, 0) is 5.41 Å². The van der Waals surface area contributed by atoms with E-state index in [0.717, 1.165) is 16.9 Å². The third kappa shape index (κ3) is 1.23. The van der Waals surface area contributed by atoms with Crippen molar-refractivity contribution in [3.05, 3.63) is 46.2 Å². The minimum atomic E-state index is -0.373. The van der Waals surface area contributed by atoms with Crippen LogP contribution in [-0.4, -0.2) is 12.0 Å². The van der Waals surface area contributed by atoms with E-state index in [9.17, 15) is 10.1 Å². The molecule has 0 bridgehead atoms. The first-order valence-corrected chi connectivity index (χ1v) is 5.07. The molecule has 0 amide bonds. The van der Waals surface area contributed by atoms with E-state index in [0.29, 0.717) is 0 Å². The van der Waals surface area contributed by atoms with Gasteiger partial charge in [-0.3, -0.25) is 10.1 Å². The van der Waals surface area contributed by atoms with Crippen molar-refractivity contribution < 1.29 is 4.92 Å². The van der Waals surface area contributed by atoms with E-state index in [-0.39, 0.29) is 16.0 Å². The topological polar surface area (TPSA) is 46.4 Å². The number of nitro groups is 1. The lowest BCUT2D eigenvalue weighted by molar-refractivity contribution is -0.384. The van der Waals surface area contributed by atoms with Gasteiger partial charge < -0.3 is 4.90 Å². The average molecular weight is 218 g/mol. The summed E-state index contributed by atoms with van der Waals surface area (Å²) in [6.07, 6.45) is 0. The highest BCUT2D eigenvalue weighted by Crippen LogP contribution is 2.46. The standard InChI is InChI=1S/C12H14N2O2/c1-8-12(2,3)10-6-5-9(14(15)16)7-11(10)13(8)4/h5-7H,1H2,2-4H3. The number of hydrogen-bond donors (Lipinski definition) is 0. The van der Waals surface area contributed by atoms with Crippen LogP contribution in [0.5, 0.6) is 0 Å². The maximum atomic E-state index is 10.7. The van der Waals surface area contributed by atoms with Gasteiger partial charge in [-0.15, -0.1) is 0 Å². The van der Waals surface area contributed by atoms with Crippen molar-refractivity contribution in [3.8, 4) is 0 Å². The quantitative estimate of drug-likeness (QED) is 0.538. The summed E-state index contributed by atoms with van der Waals surface area (Å²) in [6, 6.07) is 4.98. The van der Waals surface area contributed by atoms with Crippen molar-refractivity contribution >= 4 is 11.4 Å². The summed E-state index contributed by atoms with van der Waals surface area (Å²) in [5, 5.41) is 10.7. The zero-order valence-electron chi connectivity index (χ0n) is 9.65. The summed E-state index contributed by atoms with van der Waals surface area (Å²) in [5.74, 6) is 0. The number of likely N-dealkylation sites (N-methyl/N-ethyl adjacent to an activating group) is 1. The van der Waals surface area contributed by atoms with Crippen LogP contribution in [0.4, 0.5) is 11.4 Å². The number of non-ortho nitro benzene ring substituents is 1. The minimum Gasteiger partial charge on any atom is -0.347 e. The fraction of sp³-hybridized carbons (Fsp3) is 0.333. The Morgan fingerprint density at radius 1 is 1.44 bits per heavy atom. The molecular weight excluding hydrogens is 204 g/mol. The molecule has 1 aromatic carbocycles. The molecule has 1 aliphatic heterocycles. The van der Waals surface area contributed by atoms with Gasteiger partial charge >= 0.3 is 0 Å². The Labute approximate surface area is 94.3 Å². The molecule has 0 radical (unpaired) electrons. The number of rotatable bonds is 1. The van der Waals surface area contributed by atoms with Crippen LogP contribution in [0, 0.1) is 10.1 Å². The molecule has 2 rings (SSSR count). The second kappa shape index (κ2) is 3.07. The highest BCUT2D eigenvalue weighted by Gasteiger charge is 2.37. The zero-order chi connectivity index (χ0) is 12.1. The number of hydrogen-bond acceptors (Lipinski definition) is 3. The molecule has 1 heterocycles. The van der Waals surface area contributed by atoms with Gasteiger partial charge in [0.05, 0.1) is 10.6 Å².